The van der Waals surface area contributed by atoms with Crippen molar-refractivity contribution < 1.29 is 9.59 Å². The molecule has 0 aromatic carbocycles. The standard InChI is InChI=1S/C14H20N2O2S/c1-8(2)12-13(17)15-10(4)14(18)16(12)5-11-7-19-6-9(11)3/h6-8,10,12H,5H2,1-4H3,(H,15,17). The van der Waals surface area contributed by atoms with E-state index in [1.807, 2.05) is 20.8 Å². The maximum atomic E-state index is 12.3. The zero-order chi connectivity index (χ0) is 14.2. The van der Waals surface area contributed by atoms with Gasteiger partial charge in [0.25, 0.3) is 0 Å². The molecule has 2 rings (SSSR count). The van der Waals surface area contributed by atoms with E-state index in [4.69, 9.17) is 0 Å². The van der Waals surface area contributed by atoms with Crippen molar-refractivity contribution in [1.29, 1.82) is 0 Å². The minimum Gasteiger partial charge on any atom is -0.343 e. The minimum atomic E-state index is -0.429. The molecular weight excluding hydrogens is 260 g/mol. The molecule has 0 spiro atoms. The maximum absolute atomic E-state index is 12.3. The molecule has 0 bridgehead atoms. The number of carbonyl (C=O) groups is 2. The third-order valence-corrected chi connectivity index (χ3v) is 4.46. The van der Waals surface area contributed by atoms with Gasteiger partial charge in [0.15, 0.2) is 0 Å². The van der Waals surface area contributed by atoms with Crippen LogP contribution in [0.25, 0.3) is 0 Å². The monoisotopic (exact) mass is 280 g/mol. The Labute approximate surface area is 117 Å². The second kappa shape index (κ2) is 5.33. The fourth-order valence-electron chi connectivity index (χ4n) is 2.46. The van der Waals surface area contributed by atoms with Gasteiger partial charge in [-0.2, -0.15) is 11.3 Å². The highest BCUT2D eigenvalue weighted by molar-refractivity contribution is 7.08. The Morgan fingerprint density at radius 3 is 2.58 bits per heavy atom. The van der Waals surface area contributed by atoms with Gasteiger partial charge in [-0.05, 0) is 41.7 Å². The minimum absolute atomic E-state index is 0.00361. The van der Waals surface area contributed by atoms with Gasteiger partial charge in [-0.15, -0.1) is 0 Å². The quantitative estimate of drug-likeness (QED) is 0.919. The fraction of sp³-hybridized carbons (Fsp3) is 0.571. The van der Waals surface area contributed by atoms with Gasteiger partial charge in [0, 0.05) is 6.54 Å². The lowest BCUT2D eigenvalue weighted by Crippen LogP contribution is -2.63. The largest absolute Gasteiger partial charge is 0.343 e. The van der Waals surface area contributed by atoms with Crippen LogP contribution < -0.4 is 5.32 Å². The zero-order valence-electron chi connectivity index (χ0n) is 11.8. The summed E-state index contributed by atoms with van der Waals surface area (Å²) >= 11 is 1.63. The Morgan fingerprint density at radius 1 is 1.37 bits per heavy atom. The summed E-state index contributed by atoms with van der Waals surface area (Å²) < 4.78 is 0. The van der Waals surface area contributed by atoms with E-state index in [9.17, 15) is 9.59 Å². The molecule has 1 aliphatic heterocycles. The summed E-state index contributed by atoms with van der Waals surface area (Å²) in [5.74, 6) is 0.0641. The molecule has 2 amide bonds. The molecule has 19 heavy (non-hydrogen) atoms. The van der Waals surface area contributed by atoms with Gasteiger partial charge in [-0.1, -0.05) is 13.8 Å². The highest BCUT2D eigenvalue weighted by atomic mass is 32.1. The van der Waals surface area contributed by atoms with Crippen molar-refractivity contribution in [3.63, 3.8) is 0 Å². The van der Waals surface area contributed by atoms with Crippen molar-refractivity contribution in [3.05, 3.63) is 21.9 Å². The predicted octanol–water partition coefficient (Wildman–Crippen LogP) is 1.93. The molecule has 2 heterocycles. The molecule has 4 nitrogen and oxygen atoms in total. The Morgan fingerprint density at radius 2 is 2.05 bits per heavy atom. The Bertz CT molecular complexity index is 495. The number of hydrogen-bond acceptors (Lipinski definition) is 3. The maximum Gasteiger partial charge on any atom is 0.245 e. The average Bonchev–Trinajstić information content (AvgIpc) is 2.71. The summed E-state index contributed by atoms with van der Waals surface area (Å²) in [5, 5.41) is 6.88. The van der Waals surface area contributed by atoms with E-state index in [0.717, 1.165) is 5.56 Å². The van der Waals surface area contributed by atoms with E-state index >= 15 is 0 Å². The summed E-state index contributed by atoms with van der Waals surface area (Å²) in [6, 6.07) is -0.801. The van der Waals surface area contributed by atoms with Crippen molar-refractivity contribution in [2.45, 2.75) is 46.3 Å². The van der Waals surface area contributed by atoms with Crippen molar-refractivity contribution in [3.8, 4) is 0 Å². The molecular formula is C14H20N2O2S. The van der Waals surface area contributed by atoms with E-state index < -0.39 is 6.04 Å². The number of nitrogens with zero attached hydrogens (tertiary/aromatic N) is 1. The number of piperazine rings is 1. The lowest BCUT2D eigenvalue weighted by Gasteiger charge is -2.40. The van der Waals surface area contributed by atoms with Crippen molar-refractivity contribution in [1.82, 2.24) is 10.2 Å². The number of amides is 2. The predicted molar refractivity (Wildman–Crippen MR) is 75.8 cm³/mol. The summed E-state index contributed by atoms with van der Waals surface area (Å²) in [7, 11) is 0. The smallest absolute Gasteiger partial charge is 0.245 e. The van der Waals surface area contributed by atoms with E-state index in [1.165, 1.54) is 5.56 Å². The van der Waals surface area contributed by atoms with Gasteiger partial charge < -0.3 is 10.2 Å². The van der Waals surface area contributed by atoms with Crippen LogP contribution in [0, 0.1) is 12.8 Å². The summed E-state index contributed by atoms with van der Waals surface area (Å²) in [6.07, 6.45) is 0. The molecule has 1 saturated heterocycles. The number of thiophene rings is 1. The van der Waals surface area contributed by atoms with Crippen LogP contribution in [0.2, 0.25) is 0 Å². The molecule has 1 aromatic heterocycles. The number of hydrogen-bond donors (Lipinski definition) is 1. The van der Waals surface area contributed by atoms with Crippen LogP contribution in [-0.4, -0.2) is 28.8 Å². The highest BCUT2D eigenvalue weighted by Crippen LogP contribution is 2.23. The third kappa shape index (κ3) is 2.66. The average molecular weight is 280 g/mol. The molecule has 1 N–H and O–H groups in total. The van der Waals surface area contributed by atoms with Crippen LogP contribution in [0.4, 0.5) is 0 Å². The highest BCUT2D eigenvalue weighted by Gasteiger charge is 2.40. The van der Waals surface area contributed by atoms with E-state index in [0.29, 0.717) is 6.54 Å². The van der Waals surface area contributed by atoms with Gasteiger partial charge in [0.05, 0.1) is 0 Å². The molecule has 1 aromatic rings. The second-order valence-corrected chi connectivity index (χ2v) is 6.21. The molecule has 1 aliphatic rings. The Balaban J connectivity index is 2.29. The normalized spacial score (nSPS) is 23.9. The Hall–Kier alpha value is -1.36. The van der Waals surface area contributed by atoms with Gasteiger partial charge in [0.2, 0.25) is 11.8 Å². The van der Waals surface area contributed by atoms with Crippen LogP contribution in [-0.2, 0) is 16.1 Å². The van der Waals surface area contributed by atoms with E-state index in [2.05, 4.69) is 16.1 Å². The zero-order valence-corrected chi connectivity index (χ0v) is 12.6. The molecule has 2 unspecified atom stereocenters. The van der Waals surface area contributed by atoms with Gasteiger partial charge >= 0.3 is 0 Å². The first-order chi connectivity index (χ1) is 8.91. The van der Waals surface area contributed by atoms with Crippen LogP contribution >= 0.6 is 11.3 Å². The van der Waals surface area contributed by atoms with Crippen molar-refractivity contribution >= 4 is 23.2 Å². The lowest BCUT2D eigenvalue weighted by atomic mass is 9.96. The number of aryl methyl sites for hydroxylation is 1. The second-order valence-electron chi connectivity index (χ2n) is 5.47. The van der Waals surface area contributed by atoms with Crippen molar-refractivity contribution in [2.24, 2.45) is 5.92 Å². The van der Waals surface area contributed by atoms with Crippen LogP contribution in [0.5, 0.6) is 0 Å². The summed E-state index contributed by atoms with van der Waals surface area (Å²) in [4.78, 5) is 26.2. The van der Waals surface area contributed by atoms with Crippen molar-refractivity contribution in [2.75, 3.05) is 0 Å². The molecule has 1 fully saturated rings. The topological polar surface area (TPSA) is 49.4 Å². The molecule has 0 aliphatic carbocycles. The van der Waals surface area contributed by atoms with Gasteiger partial charge in [-0.25, -0.2) is 0 Å². The SMILES string of the molecule is Cc1cscc1CN1C(=O)C(C)NC(=O)C1C(C)C. The van der Waals surface area contributed by atoms with E-state index in [-0.39, 0.29) is 23.8 Å². The Kier molecular flexibility index (Phi) is 3.94. The first kappa shape index (κ1) is 14.1. The molecule has 0 saturated carbocycles. The van der Waals surface area contributed by atoms with Crippen LogP contribution in [0.3, 0.4) is 0 Å². The molecule has 0 radical (unpaired) electrons. The first-order valence-electron chi connectivity index (χ1n) is 6.54. The molecule has 104 valence electrons. The fourth-order valence-corrected chi connectivity index (χ4v) is 3.31. The number of rotatable bonds is 3. The van der Waals surface area contributed by atoms with Gasteiger partial charge in [-0.3, -0.25) is 9.59 Å². The first-order valence-corrected chi connectivity index (χ1v) is 7.48. The van der Waals surface area contributed by atoms with Gasteiger partial charge in [0.1, 0.15) is 12.1 Å². The molecule has 2 atom stereocenters. The lowest BCUT2D eigenvalue weighted by molar-refractivity contribution is -0.151. The number of carbonyl (C=O) groups excluding carboxylic acids is 2. The summed E-state index contributed by atoms with van der Waals surface area (Å²) in [5.41, 5.74) is 2.31. The summed E-state index contributed by atoms with van der Waals surface area (Å²) in [6.45, 7) is 8.25. The molecule has 5 heteroatoms. The van der Waals surface area contributed by atoms with Crippen LogP contribution in [0.1, 0.15) is 31.9 Å². The van der Waals surface area contributed by atoms with E-state index in [1.54, 1.807) is 23.2 Å². The number of nitrogens with one attached hydrogen (secondary N) is 1. The van der Waals surface area contributed by atoms with Crippen LogP contribution in [0.15, 0.2) is 10.8 Å². The third-order valence-electron chi connectivity index (χ3n) is 3.55.